The van der Waals surface area contributed by atoms with E-state index in [4.69, 9.17) is 13.6 Å². The van der Waals surface area contributed by atoms with Crippen molar-refractivity contribution in [3.8, 4) is 17.2 Å². The highest BCUT2D eigenvalue weighted by atomic mass is 16.5. The maximum absolute atomic E-state index is 11.9. The van der Waals surface area contributed by atoms with Crippen molar-refractivity contribution >= 4 is 11.0 Å². The summed E-state index contributed by atoms with van der Waals surface area (Å²) in [5.41, 5.74) is 2.83. The molecule has 0 N–H and O–H groups in total. The van der Waals surface area contributed by atoms with Crippen LogP contribution >= 0.6 is 0 Å². The van der Waals surface area contributed by atoms with Crippen molar-refractivity contribution in [2.24, 2.45) is 0 Å². The molecule has 0 unspecified atom stereocenters. The van der Waals surface area contributed by atoms with Crippen LogP contribution in [-0.2, 0) is 13.0 Å². The van der Waals surface area contributed by atoms with E-state index in [-0.39, 0.29) is 12.2 Å². The first-order valence-electron chi connectivity index (χ1n) is 9.22. The van der Waals surface area contributed by atoms with Gasteiger partial charge in [0, 0.05) is 22.6 Å². The zero-order valence-electron chi connectivity index (χ0n) is 15.8. The lowest BCUT2D eigenvalue weighted by Crippen LogP contribution is -2.03. The van der Waals surface area contributed by atoms with Gasteiger partial charge in [0.25, 0.3) is 5.89 Å². The van der Waals surface area contributed by atoms with Crippen molar-refractivity contribution in [2.45, 2.75) is 33.3 Å². The molecule has 0 aliphatic carbocycles. The van der Waals surface area contributed by atoms with Crippen molar-refractivity contribution in [3.63, 3.8) is 0 Å². The largest absolute Gasteiger partial charge is 0.483 e. The molecule has 4 aromatic rings. The minimum Gasteiger partial charge on any atom is -0.483 e. The predicted molar refractivity (Wildman–Crippen MR) is 105 cm³/mol. The molecule has 0 bridgehead atoms. The maximum Gasteiger partial charge on any atom is 0.336 e. The number of benzene rings is 2. The van der Waals surface area contributed by atoms with Crippen molar-refractivity contribution < 1.29 is 13.6 Å². The first kappa shape index (κ1) is 18.0. The van der Waals surface area contributed by atoms with Gasteiger partial charge in [-0.3, -0.25) is 0 Å². The third kappa shape index (κ3) is 3.53. The molecule has 0 saturated carbocycles. The summed E-state index contributed by atoms with van der Waals surface area (Å²) in [6.07, 6.45) is 1.78. The van der Waals surface area contributed by atoms with E-state index in [2.05, 4.69) is 17.1 Å². The second kappa shape index (κ2) is 7.68. The van der Waals surface area contributed by atoms with Crippen LogP contribution in [0.3, 0.4) is 0 Å². The normalized spacial score (nSPS) is 11.1. The van der Waals surface area contributed by atoms with Gasteiger partial charge in [0.1, 0.15) is 11.3 Å². The predicted octanol–water partition coefficient (Wildman–Crippen LogP) is 4.68. The van der Waals surface area contributed by atoms with Crippen LogP contribution in [0.25, 0.3) is 22.4 Å². The van der Waals surface area contributed by atoms with E-state index >= 15 is 0 Å². The molecule has 0 saturated heterocycles. The molecule has 6 nitrogen and oxygen atoms in total. The molecule has 0 aliphatic heterocycles. The van der Waals surface area contributed by atoms with Crippen LogP contribution < -0.4 is 10.4 Å². The van der Waals surface area contributed by atoms with Gasteiger partial charge in [-0.25, -0.2) is 4.79 Å². The van der Waals surface area contributed by atoms with Crippen molar-refractivity contribution in [1.29, 1.82) is 0 Å². The summed E-state index contributed by atoms with van der Waals surface area (Å²) >= 11 is 0. The number of aromatic nitrogens is 2. The number of rotatable bonds is 6. The van der Waals surface area contributed by atoms with Crippen LogP contribution in [-0.4, -0.2) is 10.2 Å². The van der Waals surface area contributed by atoms with Crippen LogP contribution in [0, 0.1) is 6.92 Å². The number of hydrogen-bond donors (Lipinski definition) is 0. The fraction of sp³-hybridized carbons (Fsp3) is 0.227. The smallest absolute Gasteiger partial charge is 0.336 e. The summed E-state index contributed by atoms with van der Waals surface area (Å²) < 4.78 is 17.0. The van der Waals surface area contributed by atoms with Crippen molar-refractivity contribution in [3.05, 3.63) is 76.0 Å². The van der Waals surface area contributed by atoms with Gasteiger partial charge < -0.3 is 13.6 Å². The number of fused-ring (bicyclic) bond motifs is 1. The quantitative estimate of drug-likeness (QED) is 0.455. The van der Waals surface area contributed by atoms with E-state index < -0.39 is 0 Å². The van der Waals surface area contributed by atoms with Crippen LogP contribution in [0.5, 0.6) is 5.75 Å². The van der Waals surface area contributed by atoms with Crippen LogP contribution in [0.2, 0.25) is 0 Å². The third-order valence-electron chi connectivity index (χ3n) is 4.55. The van der Waals surface area contributed by atoms with Gasteiger partial charge in [0.15, 0.2) is 6.61 Å². The van der Waals surface area contributed by atoms with E-state index in [1.165, 1.54) is 0 Å². The maximum atomic E-state index is 11.9. The Hall–Kier alpha value is -3.41. The topological polar surface area (TPSA) is 78.4 Å². The molecular weight excluding hydrogens is 356 g/mol. The van der Waals surface area contributed by atoms with Gasteiger partial charge in [0.2, 0.25) is 5.89 Å². The molecule has 2 aromatic carbocycles. The molecule has 6 heteroatoms. The molecule has 0 fully saturated rings. The zero-order chi connectivity index (χ0) is 19.5. The molecule has 4 rings (SSSR count). The summed E-state index contributed by atoms with van der Waals surface area (Å²) in [5, 5.41) is 9.04. The Morgan fingerprint density at radius 1 is 1.04 bits per heavy atom. The number of aryl methyl sites for hydroxylation is 2. The second-order valence-electron chi connectivity index (χ2n) is 6.56. The minimum atomic E-state index is -0.347. The highest BCUT2D eigenvalue weighted by Gasteiger charge is 2.13. The molecule has 28 heavy (non-hydrogen) atoms. The molecule has 0 spiro atoms. The highest BCUT2D eigenvalue weighted by molar-refractivity contribution is 5.85. The lowest BCUT2D eigenvalue weighted by Gasteiger charge is -2.11. The molecular formula is C22H20N2O4. The van der Waals surface area contributed by atoms with Gasteiger partial charge in [0.05, 0.1) is 0 Å². The van der Waals surface area contributed by atoms with Crippen molar-refractivity contribution in [2.75, 3.05) is 0 Å². The number of nitrogens with zero attached hydrogens (tertiary/aromatic N) is 2. The van der Waals surface area contributed by atoms with Crippen molar-refractivity contribution in [1.82, 2.24) is 10.2 Å². The van der Waals surface area contributed by atoms with E-state index in [9.17, 15) is 4.79 Å². The molecule has 0 atom stereocenters. The SMILES string of the molecule is CCCc1cc(=O)oc2c(C)c(OCc3nnc(-c4ccccc4)o3)ccc12. The lowest BCUT2D eigenvalue weighted by atomic mass is 10.0. The van der Waals surface area contributed by atoms with Gasteiger partial charge in [-0.15, -0.1) is 10.2 Å². The first-order chi connectivity index (χ1) is 13.7. The Balaban J connectivity index is 1.58. The Morgan fingerprint density at radius 3 is 2.64 bits per heavy atom. The second-order valence-corrected chi connectivity index (χ2v) is 6.56. The minimum absolute atomic E-state index is 0.130. The van der Waals surface area contributed by atoms with Crippen LogP contribution in [0.4, 0.5) is 0 Å². The molecule has 2 heterocycles. The summed E-state index contributed by atoms with van der Waals surface area (Å²) in [6, 6.07) is 14.9. The number of hydrogen-bond acceptors (Lipinski definition) is 6. The average Bonchev–Trinajstić information content (AvgIpc) is 3.18. The summed E-state index contributed by atoms with van der Waals surface area (Å²) in [7, 11) is 0. The summed E-state index contributed by atoms with van der Waals surface area (Å²) in [4.78, 5) is 11.9. The third-order valence-corrected chi connectivity index (χ3v) is 4.55. The summed E-state index contributed by atoms with van der Waals surface area (Å²) in [5.74, 6) is 1.44. The Morgan fingerprint density at radius 2 is 1.86 bits per heavy atom. The molecule has 0 radical (unpaired) electrons. The molecule has 2 aromatic heterocycles. The van der Waals surface area contributed by atoms with Gasteiger partial charge in [-0.05, 0) is 43.2 Å². The highest BCUT2D eigenvalue weighted by Crippen LogP contribution is 2.29. The Labute approximate surface area is 161 Å². The lowest BCUT2D eigenvalue weighted by molar-refractivity contribution is 0.263. The van der Waals surface area contributed by atoms with Gasteiger partial charge >= 0.3 is 5.63 Å². The first-order valence-corrected chi connectivity index (χ1v) is 9.22. The molecule has 0 amide bonds. The van der Waals surface area contributed by atoms with E-state index in [0.717, 1.165) is 34.9 Å². The van der Waals surface area contributed by atoms with Crippen LogP contribution in [0.1, 0.15) is 30.4 Å². The van der Waals surface area contributed by atoms with Crippen LogP contribution in [0.15, 0.2) is 62.2 Å². The fourth-order valence-corrected chi connectivity index (χ4v) is 3.19. The van der Waals surface area contributed by atoms with Gasteiger partial charge in [-0.2, -0.15) is 0 Å². The number of ether oxygens (including phenoxy) is 1. The summed E-state index contributed by atoms with van der Waals surface area (Å²) in [6.45, 7) is 4.09. The molecule has 142 valence electrons. The van der Waals surface area contributed by atoms with E-state index in [1.807, 2.05) is 49.4 Å². The van der Waals surface area contributed by atoms with E-state index in [0.29, 0.717) is 23.1 Å². The Bertz CT molecular complexity index is 1160. The standard InChI is InChI=1S/C22H20N2O4/c1-3-7-16-12-20(25)28-21-14(2)18(11-10-17(16)21)26-13-19-23-24-22(27-19)15-8-5-4-6-9-15/h4-6,8-12H,3,7,13H2,1-2H3. The van der Waals surface area contributed by atoms with Gasteiger partial charge in [-0.1, -0.05) is 31.5 Å². The van der Waals surface area contributed by atoms with E-state index in [1.54, 1.807) is 6.07 Å². The fourth-order valence-electron chi connectivity index (χ4n) is 3.19. The average molecular weight is 376 g/mol. The molecule has 0 aliphatic rings. The zero-order valence-corrected chi connectivity index (χ0v) is 15.8. The Kier molecular flexibility index (Phi) is 4.93. The monoisotopic (exact) mass is 376 g/mol.